The van der Waals surface area contributed by atoms with Gasteiger partial charge in [0.2, 0.25) is 0 Å². The van der Waals surface area contributed by atoms with Crippen LogP contribution in [-0.2, 0) is 13.0 Å². The number of hydrogen-bond donors (Lipinski definition) is 3. The number of aliphatic imine (C=N–C) groups is 1. The van der Waals surface area contributed by atoms with Crippen LogP contribution in [0.2, 0.25) is 0 Å². The van der Waals surface area contributed by atoms with E-state index >= 15 is 0 Å². The molecule has 2 aliphatic rings. The van der Waals surface area contributed by atoms with Crippen molar-refractivity contribution in [1.82, 2.24) is 15.5 Å². The lowest BCUT2D eigenvalue weighted by Gasteiger charge is -2.30. The van der Waals surface area contributed by atoms with Gasteiger partial charge in [-0.25, -0.2) is 0 Å². The second-order valence-electron chi connectivity index (χ2n) is 7.86. The molecule has 6 heteroatoms. The van der Waals surface area contributed by atoms with E-state index < -0.39 is 6.10 Å². The summed E-state index contributed by atoms with van der Waals surface area (Å²) in [6.45, 7) is 8.21. The van der Waals surface area contributed by atoms with Crippen molar-refractivity contribution in [2.75, 3.05) is 31.9 Å². The summed E-state index contributed by atoms with van der Waals surface area (Å²) >= 11 is 2.07. The number of guanidine groups is 1. The van der Waals surface area contributed by atoms with E-state index in [-0.39, 0.29) is 0 Å². The first-order chi connectivity index (χ1) is 13.7. The second-order valence-corrected chi connectivity index (χ2v) is 9.44. The number of benzene rings is 1. The Balaban J connectivity index is 1.46. The average molecular weight is 405 g/mol. The van der Waals surface area contributed by atoms with Crippen LogP contribution in [0.3, 0.4) is 0 Å². The van der Waals surface area contributed by atoms with Gasteiger partial charge in [0.1, 0.15) is 0 Å². The molecule has 0 spiro atoms. The van der Waals surface area contributed by atoms with E-state index in [0.717, 1.165) is 37.3 Å². The Morgan fingerprint density at radius 1 is 1.29 bits per heavy atom. The maximum absolute atomic E-state index is 10.5. The summed E-state index contributed by atoms with van der Waals surface area (Å²) in [5.41, 5.74) is 2.83. The molecule has 0 amide bonds. The third-order valence-electron chi connectivity index (χ3n) is 5.61. The molecular formula is C22H36N4OS. The molecule has 1 heterocycles. The van der Waals surface area contributed by atoms with Crippen LogP contribution in [0.15, 0.2) is 29.3 Å². The largest absolute Gasteiger partial charge is 0.390 e. The number of nitrogens with zero attached hydrogens (tertiary/aromatic N) is 2. The zero-order valence-corrected chi connectivity index (χ0v) is 18.2. The Bertz CT molecular complexity index is 639. The van der Waals surface area contributed by atoms with Crippen LogP contribution in [0, 0.1) is 0 Å². The van der Waals surface area contributed by atoms with Crippen molar-refractivity contribution in [3.8, 4) is 0 Å². The molecule has 3 unspecified atom stereocenters. The Kier molecular flexibility index (Phi) is 8.49. The number of fused-ring (bicyclic) bond motifs is 1. The first-order valence-electron chi connectivity index (χ1n) is 10.8. The first-order valence-corrected chi connectivity index (χ1v) is 11.9. The van der Waals surface area contributed by atoms with Gasteiger partial charge >= 0.3 is 0 Å². The van der Waals surface area contributed by atoms with Crippen LogP contribution < -0.4 is 10.6 Å². The van der Waals surface area contributed by atoms with Crippen molar-refractivity contribution in [3.05, 3.63) is 35.4 Å². The quantitative estimate of drug-likeness (QED) is 0.459. The number of aliphatic hydroxyl groups excluding tert-OH is 1. The number of hydrogen-bond acceptors (Lipinski definition) is 4. The number of nitrogens with one attached hydrogen (secondary N) is 2. The fraction of sp³-hybridized carbons (Fsp3) is 0.682. The van der Waals surface area contributed by atoms with Gasteiger partial charge in [-0.05, 0) is 49.5 Å². The summed E-state index contributed by atoms with van der Waals surface area (Å²) in [6.07, 6.45) is 4.33. The molecule has 5 nitrogen and oxygen atoms in total. The van der Waals surface area contributed by atoms with E-state index in [2.05, 4.69) is 70.4 Å². The van der Waals surface area contributed by atoms with Crippen molar-refractivity contribution >= 4 is 17.7 Å². The lowest BCUT2D eigenvalue weighted by atomic mass is 10.00. The molecule has 3 atom stereocenters. The van der Waals surface area contributed by atoms with Gasteiger partial charge in [0.15, 0.2) is 5.96 Å². The highest BCUT2D eigenvalue weighted by atomic mass is 32.2. The zero-order chi connectivity index (χ0) is 19.8. The van der Waals surface area contributed by atoms with E-state index in [9.17, 15) is 5.11 Å². The van der Waals surface area contributed by atoms with Crippen LogP contribution in [-0.4, -0.2) is 65.3 Å². The number of β-amino-alcohol motifs (C(OH)–C–C–N with tert-alkyl or cyclic N) is 1. The summed E-state index contributed by atoms with van der Waals surface area (Å²) in [4.78, 5) is 7.01. The van der Waals surface area contributed by atoms with Crippen LogP contribution in [0.25, 0.3) is 0 Å². The van der Waals surface area contributed by atoms with E-state index in [1.807, 2.05) is 0 Å². The Morgan fingerprint density at radius 3 is 2.89 bits per heavy atom. The van der Waals surface area contributed by atoms with Gasteiger partial charge in [0.05, 0.1) is 12.6 Å². The number of rotatable bonds is 8. The lowest BCUT2D eigenvalue weighted by molar-refractivity contribution is 0.111. The van der Waals surface area contributed by atoms with E-state index in [0.29, 0.717) is 19.1 Å². The van der Waals surface area contributed by atoms with Gasteiger partial charge in [-0.15, -0.1) is 0 Å². The minimum absolute atomic E-state index is 0.437. The highest BCUT2D eigenvalue weighted by Gasteiger charge is 2.25. The summed E-state index contributed by atoms with van der Waals surface area (Å²) in [6, 6.07) is 9.13. The minimum Gasteiger partial charge on any atom is -0.390 e. The van der Waals surface area contributed by atoms with Crippen LogP contribution in [0.4, 0.5) is 0 Å². The molecule has 3 rings (SSSR count). The van der Waals surface area contributed by atoms with Gasteiger partial charge in [-0.1, -0.05) is 31.2 Å². The Labute approximate surface area is 174 Å². The molecule has 0 saturated heterocycles. The first kappa shape index (κ1) is 21.5. The molecule has 1 aromatic carbocycles. The summed E-state index contributed by atoms with van der Waals surface area (Å²) in [5, 5.41) is 18.2. The van der Waals surface area contributed by atoms with E-state index in [1.165, 1.54) is 36.1 Å². The lowest BCUT2D eigenvalue weighted by Crippen LogP contribution is -2.43. The summed E-state index contributed by atoms with van der Waals surface area (Å²) in [5.74, 6) is 2.04. The monoisotopic (exact) mass is 404 g/mol. The van der Waals surface area contributed by atoms with Crippen LogP contribution >= 0.6 is 11.8 Å². The Hall–Kier alpha value is -1.24. The summed E-state index contributed by atoms with van der Waals surface area (Å²) < 4.78 is 0. The van der Waals surface area contributed by atoms with Gasteiger partial charge in [0, 0.05) is 37.5 Å². The number of thioether (sulfide) groups is 1. The molecule has 1 aromatic rings. The predicted molar refractivity (Wildman–Crippen MR) is 120 cm³/mol. The third kappa shape index (κ3) is 6.39. The van der Waals surface area contributed by atoms with Crippen molar-refractivity contribution in [1.29, 1.82) is 0 Å². The molecule has 1 aliphatic carbocycles. The van der Waals surface area contributed by atoms with Crippen molar-refractivity contribution < 1.29 is 5.11 Å². The zero-order valence-electron chi connectivity index (χ0n) is 17.4. The van der Waals surface area contributed by atoms with E-state index in [4.69, 9.17) is 0 Å². The Morgan fingerprint density at radius 2 is 2.11 bits per heavy atom. The van der Waals surface area contributed by atoms with E-state index in [1.54, 1.807) is 0 Å². The highest BCUT2D eigenvalue weighted by molar-refractivity contribution is 7.99. The standard InChI is InChI=1S/C22H36N4OS/c1-3-23-22(25-19-9-10-21(13-19)28-4-2)24-14-20(27)16-26-12-11-17-7-5-6-8-18(17)15-26/h5-8,19-21,27H,3-4,9-16H2,1-2H3,(H2,23,24,25). The van der Waals surface area contributed by atoms with Gasteiger partial charge < -0.3 is 15.7 Å². The van der Waals surface area contributed by atoms with Gasteiger partial charge in [-0.2, -0.15) is 11.8 Å². The molecule has 0 radical (unpaired) electrons. The smallest absolute Gasteiger partial charge is 0.191 e. The molecule has 156 valence electrons. The SMILES string of the molecule is CCNC(=NCC(O)CN1CCc2ccccc2C1)NC1CCC(SCC)C1. The van der Waals surface area contributed by atoms with Crippen LogP contribution in [0.5, 0.6) is 0 Å². The molecule has 0 bridgehead atoms. The minimum atomic E-state index is -0.437. The van der Waals surface area contributed by atoms with Crippen molar-refractivity contribution in [3.63, 3.8) is 0 Å². The molecular weight excluding hydrogens is 368 g/mol. The predicted octanol–water partition coefficient (Wildman–Crippen LogP) is 2.63. The molecule has 28 heavy (non-hydrogen) atoms. The normalized spacial score (nSPS) is 24.0. The van der Waals surface area contributed by atoms with Gasteiger partial charge in [-0.3, -0.25) is 9.89 Å². The summed E-state index contributed by atoms with van der Waals surface area (Å²) in [7, 11) is 0. The van der Waals surface area contributed by atoms with Gasteiger partial charge in [0.25, 0.3) is 0 Å². The maximum Gasteiger partial charge on any atom is 0.191 e. The maximum atomic E-state index is 10.5. The average Bonchev–Trinajstić information content (AvgIpc) is 3.13. The van der Waals surface area contributed by atoms with Crippen molar-refractivity contribution in [2.45, 2.75) is 63.5 Å². The molecule has 3 N–H and O–H groups in total. The highest BCUT2D eigenvalue weighted by Crippen LogP contribution is 2.29. The molecule has 1 aliphatic heterocycles. The fourth-order valence-corrected chi connectivity index (χ4v) is 5.38. The van der Waals surface area contributed by atoms with Crippen LogP contribution in [0.1, 0.15) is 44.2 Å². The fourth-order valence-electron chi connectivity index (χ4n) is 4.23. The topological polar surface area (TPSA) is 59.9 Å². The third-order valence-corrected chi connectivity index (χ3v) is 6.84. The molecule has 1 saturated carbocycles. The molecule has 0 aromatic heterocycles. The second kappa shape index (κ2) is 11.1. The van der Waals surface area contributed by atoms with Crippen molar-refractivity contribution in [2.24, 2.45) is 4.99 Å². The number of aliphatic hydroxyl groups is 1. The molecule has 1 fully saturated rings.